The summed E-state index contributed by atoms with van der Waals surface area (Å²) in [6.07, 6.45) is 0. The molecular formula is C14H22O3. The maximum Gasteiger partial charge on any atom is 0.126 e. The lowest BCUT2D eigenvalue weighted by atomic mass is 9.85. The molecule has 96 valence electrons. The highest BCUT2D eigenvalue weighted by molar-refractivity contribution is 5.48. The monoisotopic (exact) mass is 238 g/mol. The summed E-state index contributed by atoms with van der Waals surface area (Å²) < 4.78 is 16.1. The summed E-state index contributed by atoms with van der Waals surface area (Å²) >= 11 is 0. The molecule has 0 bridgehead atoms. The molecule has 0 unspecified atom stereocenters. The van der Waals surface area contributed by atoms with E-state index < -0.39 is 0 Å². The first-order valence-corrected chi connectivity index (χ1v) is 5.80. The predicted molar refractivity (Wildman–Crippen MR) is 69.1 cm³/mol. The topological polar surface area (TPSA) is 27.7 Å². The number of benzene rings is 1. The molecule has 0 aliphatic heterocycles. The molecule has 0 atom stereocenters. The fourth-order valence-electron chi connectivity index (χ4n) is 1.78. The molecule has 3 heteroatoms. The van der Waals surface area contributed by atoms with Gasteiger partial charge >= 0.3 is 0 Å². The predicted octanol–water partition coefficient (Wildman–Crippen LogP) is 3.02. The van der Waals surface area contributed by atoms with Gasteiger partial charge in [0.25, 0.3) is 0 Å². The minimum Gasteiger partial charge on any atom is -0.496 e. The molecule has 0 heterocycles. The smallest absolute Gasteiger partial charge is 0.126 e. The van der Waals surface area contributed by atoms with Crippen LogP contribution >= 0.6 is 0 Å². The standard InChI is InChI=1S/C14H22O3/c1-14(2,3)13-11(16-5)7-6-8-12(13)17-10-9-15-4/h6-8H,9-10H2,1-5H3. The summed E-state index contributed by atoms with van der Waals surface area (Å²) in [5.74, 6) is 1.74. The van der Waals surface area contributed by atoms with Crippen molar-refractivity contribution < 1.29 is 14.2 Å². The number of hydrogen-bond donors (Lipinski definition) is 0. The van der Waals surface area contributed by atoms with E-state index in [1.54, 1.807) is 14.2 Å². The van der Waals surface area contributed by atoms with Gasteiger partial charge in [0.1, 0.15) is 18.1 Å². The Hall–Kier alpha value is -1.22. The van der Waals surface area contributed by atoms with Gasteiger partial charge in [0.15, 0.2) is 0 Å². The zero-order chi connectivity index (χ0) is 12.9. The minimum atomic E-state index is -0.0188. The second-order valence-corrected chi connectivity index (χ2v) is 4.92. The third-order valence-electron chi connectivity index (χ3n) is 2.50. The van der Waals surface area contributed by atoms with E-state index in [0.29, 0.717) is 13.2 Å². The minimum absolute atomic E-state index is 0.0188. The molecule has 3 nitrogen and oxygen atoms in total. The summed E-state index contributed by atoms with van der Waals surface area (Å²) in [6, 6.07) is 5.87. The first-order valence-electron chi connectivity index (χ1n) is 5.80. The van der Waals surface area contributed by atoms with Crippen molar-refractivity contribution >= 4 is 0 Å². The first-order chi connectivity index (χ1) is 8.00. The van der Waals surface area contributed by atoms with E-state index in [1.165, 1.54) is 0 Å². The largest absolute Gasteiger partial charge is 0.496 e. The molecule has 0 aliphatic rings. The van der Waals surface area contributed by atoms with Gasteiger partial charge in [0.05, 0.1) is 13.7 Å². The van der Waals surface area contributed by atoms with Gasteiger partial charge in [0, 0.05) is 12.7 Å². The summed E-state index contributed by atoms with van der Waals surface area (Å²) in [5.41, 5.74) is 1.08. The fourth-order valence-corrected chi connectivity index (χ4v) is 1.78. The molecule has 0 aromatic heterocycles. The van der Waals surface area contributed by atoms with E-state index in [1.807, 2.05) is 18.2 Å². The Kier molecular flexibility index (Phi) is 4.82. The molecule has 0 amide bonds. The Morgan fingerprint density at radius 3 is 2.18 bits per heavy atom. The van der Waals surface area contributed by atoms with Gasteiger partial charge in [-0.25, -0.2) is 0 Å². The van der Waals surface area contributed by atoms with Crippen molar-refractivity contribution in [2.75, 3.05) is 27.4 Å². The Morgan fingerprint density at radius 1 is 1.00 bits per heavy atom. The third-order valence-corrected chi connectivity index (χ3v) is 2.50. The molecular weight excluding hydrogens is 216 g/mol. The third kappa shape index (κ3) is 3.63. The Labute approximate surface area is 104 Å². The van der Waals surface area contributed by atoms with Crippen LogP contribution in [-0.2, 0) is 10.2 Å². The maximum atomic E-state index is 5.74. The fraction of sp³-hybridized carbons (Fsp3) is 0.571. The summed E-state index contributed by atoms with van der Waals surface area (Å²) in [7, 11) is 3.35. The van der Waals surface area contributed by atoms with Crippen LogP contribution < -0.4 is 9.47 Å². The molecule has 0 fully saturated rings. The van der Waals surface area contributed by atoms with E-state index in [9.17, 15) is 0 Å². The Bertz CT molecular complexity index is 353. The molecule has 0 saturated carbocycles. The van der Waals surface area contributed by atoms with E-state index in [-0.39, 0.29) is 5.41 Å². The average Bonchev–Trinajstić information content (AvgIpc) is 2.27. The SMILES string of the molecule is COCCOc1cccc(OC)c1C(C)(C)C. The van der Waals surface area contributed by atoms with Crippen LogP contribution in [0.1, 0.15) is 26.3 Å². The van der Waals surface area contributed by atoms with Crippen LogP contribution in [0.4, 0.5) is 0 Å². The number of hydrogen-bond acceptors (Lipinski definition) is 3. The molecule has 0 radical (unpaired) electrons. The second-order valence-electron chi connectivity index (χ2n) is 4.92. The van der Waals surface area contributed by atoms with Gasteiger partial charge in [-0.3, -0.25) is 0 Å². The van der Waals surface area contributed by atoms with Crippen molar-refractivity contribution in [3.63, 3.8) is 0 Å². The van der Waals surface area contributed by atoms with Crippen LogP contribution in [0.25, 0.3) is 0 Å². The number of rotatable bonds is 5. The number of ether oxygens (including phenoxy) is 3. The number of methoxy groups -OCH3 is 2. The van der Waals surface area contributed by atoms with Gasteiger partial charge < -0.3 is 14.2 Å². The Morgan fingerprint density at radius 2 is 1.65 bits per heavy atom. The van der Waals surface area contributed by atoms with Crippen molar-refractivity contribution in [2.24, 2.45) is 0 Å². The lowest BCUT2D eigenvalue weighted by molar-refractivity contribution is 0.145. The van der Waals surface area contributed by atoms with Crippen LogP contribution in [0.3, 0.4) is 0 Å². The van der Waals surface area contributed by atoms with E-state index in [4.69, 9.17) is 14.2 Å². The molecule has 1 aromatic carbocycles. The van der Waals surface area contributed by atoms with Crippen LogP contribution in [0.2, 0.25) is 0 Å². The first kappa shape index (κ1) is 13.8. The van der Waals surface area contributed by atoms with Gasteiger partial charge in [0.2, 0.25) is 0 Å². The van der Waals surface area contributed by atoms with Crippen molar-refractivity contribution in [1.29, 1.82) is 0 Å². The molecule has 17 heavy (non-hydrogen) atoms. The highest BCUT2D eigenvalue weighted by Gasteiger charge is 2.23. The quantitative estimate of drug-likeness (QED) is 0.738. The summed E-state index contributed by atoms with van der Waals surface area (Å²) in [6.45, 7) is 7.57. The summed E-state index contributed by atoms with van der Waals surface area (Å²) in [5, 5.41) is 0. The van der Waals surface area contributed by atoms with Crippen LogP contribution in [0, 0.1) is 0 Å². The zero-order valence-electron chi connectivity index (χ0n) is 11.4. The van der Waals surface area contributed by atoms with Crippen LogP contribution in [0.5, 0.6) is 11.5 Å². The van der Waals surface area contributed by atoms with Crippen molar-refractivity contribution in [3.8, 4) is 11.5 Å². The highest BCUT2D eigenvalue weighted by Crippen LogP contribution is 2.38. The average molecular weight is 238 g/mol. The maximum absolute atomic E-state index is 5.74. The van der Waals surface area contributed by atoms with Crippen LogP contribution in [0.15, 0.2) is 18.2 Å². The van der Waals surface area contributed by atoms with E-state index in [2.05, 4.69) is 20.8 Å². The van der Waals surface area contributed by atoms with Crippen molar-refractivity contribution in [2.45, 2.75) is 26.2 Å². The van der Waals surface area contributed by atoms with Gasteiger partial charge in [-0.15, -0.1) is 0 Å². The van der Waals surface area contributed by atoms with E-state index >= 15 is 0 Å². The molecule has 1 aromatic rings. The molecule has 0 saturated heterocycles. The lowest BCUT2D eigenvalue weighted by Gasteiger charge is -2.25. The van der Waals surface area contributed by atoms with Crippen molar-refractivity contribution in [1.82, 2.24) is 0 Å². The van der Waals surface area contributed by atoms with E-state index in [0.717, 1.165) is 17.1 Å². The molecule has 1 rings (SSSR count). The molecule has 0 N–H and O–H groups in total. The second kappa shape index (κ2) is 5.92. The van der Waals surface area contributed by atoms with Gasteiger partial charge in [-0.2, -0.15) is 0 Å². The van der Waals surface area contributed by atoms with Crippen LogP contribution in [-0.4, -0.2) is 27.4 Å². The Balaban J connectivity index is 3.02. The van der Waals surface area contributed by atoms with Gasteiger partial charge in [-0.05, 0) is 17.5 Å². The molecule has 0 aliphatic carbocycles. The van der Waals surface area contributed by atoms with Gasteiger partial charge in [-0.1, -0.05) is 26.8 Å². The lowest BCUT2D eigenvalue weighted by Crippen LogP contribution is -2.16. The molecule has 0 spiro atoms. The van der Waals surface area contributed by atoms with Crippen molar-refractivity contribution in [3.05, 3.63) is 23.8 Å². The zero-order valence-corrected chi connectivity index (χ0v) is 11.4. The highest BCUT2D eigenvalue weighted by atomic mass is 16.5. The normalized spacial score (nSPS) is 11.4. The summed E-state index contributed by atoms with van der Waals surface area (Å²) in [4.78, 5) is 0.